The second-order valence-electron chi connectivity index (χ2n) is 4.28. The lowest BCUT2D eigenvalue weighted by Crippen LogP contribution is -2.46. The van der Waals surface area contributed by atoms with E-state index in [0.29, 0.717) is 19.8 Å². The summed E-state index contributed by atoms with van der Waals surface area (Å²) in [6.07, 6.45) is 1.47. The fourth-order valence-electron chi connectivity index (χ4n) is 2.10. The molecule has 1 aliphatic heterocycles. The summed E-state index contributed by atoms with van der Waals surface area (Å²) in [4.78, 5) is 27.7. The topological polar surface area (TPSA) is 106 Å². The Kier molecular flexibility index (Phi) is 3.96. The number of amides is 1. The maximum atomic E-state index is 11.1. The zero-order valence-electron chi connectivity index (χ0n) is 10.3. The van der Waals surface area contributed by atoms with E-state index in [4.69, 9.17) is 15.6 Å². The molecule has 7 heteroatoms. The van der Waals surface area contributed by atoms with Crippen molar-refractivity contribution < 1.29 is 19.4 Å². The molecule has 7 nitrogen and oxygen atoms in total. The molecule has 1 amide bonds. The number of nitrogens with zero attached hydrogens (tertiary/aromatic N) is 2. The summed E-state index contributed by atoms with van der Waals surface area (Å²) in [5.74, 6) is -1.49. The fourth-order valence-corrected chi connectivity index (χ4v) is 2.10. The van der Waals surface area contributed by atoms with Gasteiger partial charge in [-0.05, 0) is 12.1 Å². The number of carbonyl (C=O) groups excluding carboxylic acids is 1. The van der Waals surface area contributed by atoms with Gasteiger partial charge >= 0.3 is 5.97 Å². The molecule has 1 aromatic heterocycles. The molecule has 1 aromatic rings. The Morgan fingerprint density at radius 3 is 3.05 bits per heavy atom. The van der Waals surface area contributed by atoms with Crippen LogP contribution >= 0.6 is 0 Å². The van der Waals surface area contributed by atoms with Gasteiger partial charge < -0.3 is 20.5 Å². The predicted molar refractivity (Wildman–Crippen MR) is 67.0 cm³/mol. The molecule has 1 atom stereocenters. The number of nitrogens with two attached hydrogens (primary N) is 1. The molecule has 1 unspecified atom stereocenters. The van der Waals surface area contributed by atoms with Gasteiger partial charge in [-0.2, -0.15) is 0 Å². The normalized spacial score (nSPS) is 19.2. The quantitative estimate of drug-likeness (QED) is 0.785. The van der Waals surface area contributed by atoms with Crippen molar-refractivity contribution in [1.29, 1.82) is 0 Å². The van der Waals surface area contributed by atoms with Crippen LogP contribution in [0, 0.1) is 0 Å². The predicted octanol–water partition coefficient (Wildman–Crippen LogP) is -0.140. The van der Waals surface area contributed by atoms with Crippen LogP contribution in [0.2, 0.25) is 0 Å². The average molecular weight is 265 g/mol. The Morgan fingerprint density at radius 2 is 2.37 bits per heavy atom. The van der Waals surface area contributed by atoms with E-state index in [-0.39, 0.29) is 18.2 Å². The largest absolute Gasteiger partial charge is 0.481 e. The standard InChI is InChI=1S/C12H15N3O4/c13-12(18)10-5-8(1-2-14-10)15-3-4-19-7-9(15)6-11(16)17/h1-2,5,9H,3-4,6-7H2,(H2,13,18)(H,16,17). The van der Waals surface area contributed by atoms with E-state index >= 15 is 0 Å². The molecule has 3 N–H and O–H groups in total. The molecule has 1 saturated heterocycles. The third-order valence-corrected chi connectivity index (χ3v) is 2.97. The second-order valence-corrected chi connectivity index (χ2v) is 4.28. The highest BCUT2D eigenvalue weighted by molar-refractivity contribution is 5.91. The molecule has 0 aromatic carbocycles. The molecule has 1 aliphatic rings. The molecule has 1 fully saturated rings. The van der Waals surface area contributed by atoms with Crippen LogP contribution < -0.4 is 10.6 Å². The summed E-state index contributed by atoms with van der Waals surface area (Å²) in [7, 11) is 0. The first kappa shape index (κ1) is 13.3. The Labute approximate surface area is 110 Å². The summed E-state index contributed by atoms with van der Waals surface area (Å²) in [5.41, 5.74) is 6.09. The number of primary amides is 1. The lowest BCUT2D eigenvalue weighted by Gasteiger charge is -2.36. The maximum Gasteiger partial charge on any atom is 0.305 e. The van der Waals surface area contributed by atoms with Gasteiger partial charge in [0.2, 0.25) is 0 Å². The van der Waals surface area contributed by atoms with Gasteiger partial charge in [0.25, 0.3) is 5.91 Å². The number of aromatic nitrogens is 1. The van der Waals surface area contributed by atoms with Crippen molar-refractivity contribution in [2.75, 3.05) is 24.7 Å². The van der Waals surface area contributed by atoms with Gasteiger partial charge in [-0.15, -0.1) is 0 Å². The molecule has 0 spiro atoms. The Balaban J connectivity index is 2.24. The zero-order valence-corrected chi connectivity index (χ0v) is 10.3. The van der Waals surface area contributed by atoms with Gasteiger partial charge in [-0.25, -0.2) is 0 Å². The molecular formula is C12H15N3O4. The van der Waals surface area contributed by atoms with E-state index in [1.807, 2.05) is 4.90 Å². The molecule has 2 rings (SSSR count). The van der Waals surface area contributed by atoms with E-state index < -0.39 is 11.9 Å². The Bertz CT molecular complexity index is 492. The Hall–Kier alpha value is -2.15. The van der Waals surface area contributed by atoms with Gasteiger partial charge in [0.1, 0.15) is 5.69 Å². The minimum Gasteiger partial charge on any atom is -0.481 e. The zero-order chi connectivity index (χ0) is 13.8. The molecule has 0 bridgehead atoms. The third-order valence-electron chi connectivity index (χ3n) is 2.97. The number of anilines is 1. The summed E-state index contributed by atoms with van der Waals surface area (Å²) in [6, 6.07) is 3.05. The van der Waals surface area contributed by atoms with Crippen LogP contribution in [0.25, 0.3) is 0 Å². The summed E-state index contributed by atoms with van der Waals surface area (Å²) in [6.45, 7) is 1.44. The number of morpholine rings is 1. The van der Waals surface area contributed by atoms with Crippen LogP contribution in [0.15, 0.2) is 18.3 Å². The van der Waals surface area contributed by atoms with Gasteiger partial charge in [-0.1, -0.05) is 0 Å². The number of carbonyl (C=O) groups is 2. The van der Waals surface area contributed by atoms with Crippen molar-refractivity contribution in [3.05, 3.63) is 24.0 Å². The molecule has 0 radical (unpaired) electrons. The van der Waals surface area contributed by atoms with E-state index in [2.05, 4.69) is 4.98 Å². The van der Waals surface area contributed by atoms with Crippen LogP contribution in [0.4, 0.5) is 5.69 Å². The highest BCUT2D eigenvalue weighted by Gasteiger charge is 2.26. The lowest BCUT2D eigenvalue weighted by atomic mass is 10.1. The van der Waals surface area contributed by atoms with E-state index in [0.717, 1.165) is 5.69 Å². The SMILES string of the molecule is NC(=O)c1cc(N2CCOCC2CC(=O)O)ccn1. The number of aliphatic carboxylic acids is 1. The summed E-state index contributed by atoms with van der Waals surface area (Å²) < 4.78 is 5.30. The van der Waals surface area contributed by atoms with Crippen molar-refractivity contribution in [2.24, 2.45) is 5.73 Å². The minimum atomic E-state index is -0.885. The molecule has 102 valence electrons. The number of carboxylic acids is 1. The van der Waals surface area contributed by atoms with E-state index in [1.54, 1.807) is 12.1 Å². The maximum absolute atomic E-state index is 11.1. The van der Waals surface area contributed by atoms with Crippen LogP contribution in [-0.4, -0.2) is 47.8 Å². The van der Waals surface area contributed by atoms with Crippen LogP contribution in [0.3, 0.4) is 0 Å². The second kappa shape index (κ2) is 5.66. The van der Waals surface area contributed by atoms with Crippen molar-refractivity contribution in [3.63, 3.8) is 0 Å². The number of carboxylic acid groups (broad SMARTS) is 1. The number of rotatable bonds is 4. The highest BCUT2D eigenvalue weighted by atomic mass is 16.5. The first-order valence-corrected chi connectivity index (χ1v) is 5.90. The first-order chi connectivity index (χ1) is 9.08. The van der Waals surface area contributed by atoms with Gasteiger partial charge in [-0.3, -0.25) is 14.6 Å². The van der Waals surface area contributed by atoms with Crippen molar-refractivity contribution in [2.45, 2.75) is 12.5 Å². The number of hydrogen-bond donors (Lipinski definition) is 2. The molecule has 0 saturated carbocycles. The third kappa shape index (κ3) is 3.19. The number of hydrogen-bond acceptors (Lipinski definition) is 5. The van der Waals surface area contributed by atoms with Crippen molar-refractivity contribution >= 4 is 17.6 Å². The number of ether oxygens (including phenoxy) is 1. The summed E-state index contributed by atoms with van der Waals surface area (Å²) in [5, 5.41) is 8.90. The van der Waals surface area contributed by atoms with Crippen molar-refractivity contribution in [3.8, 4) is 0 Å². The number of pyridine rings is 1. The lowest BCUT2D eigenvalue weighted by molar-refractivity contribution is -0.138. The fraction of sp³-hybridized carbons (Fsp3) is 0.417. The summed E-state index contributed by atoms with van der Waals surface area (Å²) >= 11 is 0. The van der Waals surface area contributed by atoms with Crippen molar-refractivity contribution in [1.82, 2.24) is 4.98 Å². The van der Waals surface area contributed by atoms with Crippen LogP contribution in [0.1, 0.15) is 16.9 Å². The highest BCUT2D eigenvalue weighted by Crippen LogP contribution is 2.21. The average Bonchev–Trinajstić information content (AvgIpc) is 2.39. The van der Waals surface area contributed by atoms with E-state index in [9.17, 15) is 9.59 Å². The van der Waals surface area contributed by atoms with Gasteiger partial charge in [0, 0.05) is 18.4 Å². The molecule has 0 aliphatic carbocycles. The molecule has 19 heavy (non-hydrogen) atoms. The van der Waals surface area contributed by atoms with Crippen LogP contribution in [-0.2, 0) is 9.53 Å². The van der Waals surface area contributed by atoms with Gasteiger partial charge in [0.05, 0.1) is 25.7 Å². The van der Waals surface area contributed by atoms with Crippen LogP contribution in [0.5, 0.6) is 0 Å². The Morgan fingerprint density at radius 1 is 1.58 bits per heavy atom. The monoisotopic (exact) mass is 265 g/mol. The minimum absolute atomic E-state index is 0.0196. The van der Waals surface area contributed by atoms with Gasteiger partial charge in [0.15, 0.2) is 0 Å². The smallest absolute Gasteiger partial charge is 0.305 e. The molecular weight excluding hydrogens is 250 g/mol. The molecule has 2 heterocycles. The first-order valence-electron chi connectivity index (χ1n) is 5.90. The van der Waals surface area contributed by atoms with E-state index in [1.165, 1.54) is 6.20 Å².